The van der Waals surface area contributed by atoms with Crippen molar-refractivity contribution >= 4 is 21.9 Å². The van der Waals surface area contributed by atoms with E-state index in [0.29, 0.717) is 0 Å². The number of fused-ring (bicyclic) bond motifs is 2. The average Bonchev–Trinajstić information content (AvgIpc) is 2.23. The first kappa shape index (κ1) is 59.3. The van der Waals surface area contributed by atoms with E-state index in [9.17, 15) is 91.3 Å². The van der Waals surface area contributed by atoms with E-state index < -0.39 is 192 Å². The molecule has 4 aromatic carbocycles. The van der Waals surface area contributed by atoms with E-state index in [1.165, 1.54) is 62.4 Å². The molecule has 6 aromatic rings. The summed E-state index contributed by atoms with van der Waals surface area (Å²) in [5, 5.41) is 169. The van der Waals surface area contributed by atoms with Crippen LogP contribution < -0.4 is 25.1 Å². The molecule has 4 aliphatic heterocycles. The fourth-order valence-electron chi connectivity index (χ4n) is 9.81. The van der Waals surface area contributed by atoms with Crippen LogP contribution >= 0.6 is 0 Å². The van der Waals surface area contributed by atoms with Crippen LogP contribution in [0.25, 0.3) is 44.6 Å². The van der Waals surface area contributed by atoms with Crippen LogP contribution in [0.1, 0.15) is 13.8 Å². The monoisotopic (exact) mass is 1170 g/mol. The third-order valence-electron chi connectivity index (χ3n) is 14.6. The second-order valence-electron chi connectivity index (χ2n) is 20.3. The van der Waals surface area contributed by atoms with Crippen molar-refractivity contribution in [2.75, 3.05) is 13.2 Å². The van der Waals surface area contributed by atoms with E-state index >= 15 is 0 Å². The molecule has 29 nitrogen and oxygen atoms in total. The molecule has 29 heteroatoms. The zero-order chi connectivity index (χ0) is 59.6. The highest BCUT2D eigenvalue weighted by molar-refractivity contribution is 5.90. The smallest absolute Gasteiger partial charge is 0.239 e. The molecule has 0 bridgehead atoms. The van der Waals surface area contributed by atoms with Gasteiger partial charge in [-0.1, -0.05) is 0 Å². The minimum Gasteiger partial charge on any atom is -0.508 e. The first-order chi connectivity index (χ1) is 39.4. The largest absolute Gasteiger partial charge is 0.508 e. The SMILES string of the molecule is C[C@@H]1O[C@@H](OC[C@H]2O[C@@H](Oc3c(-c4ccc(O)cc4)oc4cc(Oc5cc(O)c6c(=O)c(O[C@@H]7O[C@H](CO[C@H]8O[C@@H](C)[C@H](O)[C@@H](O)[C@H]8O)[C@H](O)[C@H](O)[C@H]7O)c(-c7ccc(O)cc7)oc6c5)cc(O)c4c3=O)[C@H](O)[C@@H](O)[C@@H]2O)[C@H](O)[C@H](O)[C@H]1O. The van der Waals surface area contributed by atoms with Gasteiger partial charge in [0.25, 0.3) is 0 Å². The van der Waals surface area contributed by atoms with Gasteiger partial charge in [0, 0.05) is 35.4 Å². The zero-order valence-electron chi connectivity index (χ0n) is 43.4. The number of hydrogen-bond donors (Lipinski definition) is 16. The molecule has 0 unspecified atom stereocenters. The Bertz CT molecular complexity index is 3190. The summed E-state index contributed by atoms with van der Waals surface area (Å²) in [5.41, 5.74) is -2.83. The van der Waals surface area contributed by atoms with Gasteiger partial charge in [-0.15, -0.1) is 0 Å². The maximum absolute atomic E-state index is 14.5. The van der Waals surface area contributed by atoms with Crippen LogP contribution in [0.3, 0.4) is 0 Å². The van der Waals surface area contributed by atoms with E-state index in [4.69, 9.17) is 51.5 Å². The summed E-state index contributed by atoms with van der Waals surface area (Å²) in [5.74, 6) is -4.82. The molecule has 2 aromatic heterocycles. The molecule has 4 fully saturated rings. The summed E-state index contributed by atoms with van der Waals surface area (Å²) in [7, 11) is 0. The standard InChI is InChI=1S/C54H58O29/c1-17-33(59)39(65)43(69)51(75-17)73-15-29-35(61)41(67)45(71)53(80-29)82-49-37(63)31-25(57)11-23(13-27(31)78-47(49)19-3-7-21(55)8-4-19)77-24-12-26(58)32-28(14-24)79-48(20-5-9-22(56)10-6-20)50(38(32)64)83-54-46(72)42(68)36(62)30(81-54)16-74-52-44(70)40(66)34(60)18(2)76-52/h3-14,17-18,29-30,33-36,39-46,51-62,65-72H,15-16H2,1-2H3/t17-,18-,29+,30+,33-,34-,35-,36+,39+,40+,41-,42-,43+,44+,45+,46+,51-,52+,53-,54-/m0/s1. The molecule has 4 saturated heterocycles. The molecule has 10 rings (SSSR count). The molecule has 83 heavy (non-hydrogen) atoms. The summed E-state index contributed by atoms with van der Waals surface area (Å²) >= 11 is 0. The highest BCUT2D eigenvalue weighted by Crippen LogP contribution is 2.42. The van der Waals surface area contributed by atoms with Gasteiger partial charge in [0.2, 0.25) is 34.9 Å². The Balaban J connectivity index is 0.949. The van der Waals surface area contributed by atoms with Gasteiger partial charge in [-0.2, -0.15) is 0 Å². The van der Waals surface area contributed by atoms with E-state index in [1.54, 1.807) is 0 Å². The second kappa shape index (κ2) is 23.7. The van der Waals surface area contributed by atoms with E-state index in [2.05, 4.69) is 0 Å². The summed E-state index contributed by atoms with van der Waals surface area (Å²) in [4.78, 5) is 29.0. The maximum atomic E-state index is 14.5. The van der Waals surface area contributed by atoms with Crippen molar-refractivity contribution in [1.29, 1.82) is 0 Å². The van der Waals surface area contributed by atoms with Gasteiger partial charge in [0.1, 0.15) is 142 Å². The van der Waals surface area contributed by atoms with Gasteiger partial charge in [0.15, 0.2) is 24.1 Å². The van der Waals surface area contributed by atoms with Crippen molar-refractivity contribution in [2.24, 2.45) is 0 Å². The number of aromatic hydroxyl groups is 4. The predicted molar refractivity (Wildman–Crippen MR) is 274 cm³/mol. The average molecular weight is 1170 g/mol. The Morgan fingerprint density at radius 3 is 1.11 bits per heavy atom. The van der Waals surface area contributed by atoms with Crippen LogP contribution in [0.5, 0.6) is 46.0 Å². The number of phenols is 4. The van der Waals surface area contributed by atoms with Crippen LogP contribution in [0.2, 0.25) is 0 Å². The molecule has 20 atom stereocenters. The summed E-state index contributed by atoms with van der Waals surface area (Å²) in [6.07, 6.45) is -34.0. The third kappa shape index (κ3) is 11.5. The van der Waals surface area contributed by atoms with Crippen molar-refractivity contribution in [2.45, 2.75) is 137 Å². The molecule has 0 spiro atoms. The second-order valence-corrected chi connectivity index (χ2v) is 20.3. The molecule has 16 N–H and O–H groups in total. The zero-order valence-corrected chi connectivity index (χ0v) is 43.4. The van der Waals surface area contributed by atoms with Crippen LogP contribution in [-0.4, -0.2) is 218 Å². The van der Waals surface area contributed by atoms with Crippen LogP contribution in [0, 0.1) is 0 Å². The number of benzene rings is 4. The summed E-state index contributed by atoms with van der Waals surface area (Å²) in [6, 6.07) is 14.3. The first-order valence-corrected chi connectivity index (χ1v) is 25.7. The molecule has 0 radical (unpaired) electrons. The van der Waals surface area contributed by atoms with Gasteiger partial charge in [-0.05, 0) is 62.4 Å². The number of hydrogen-bond acceptors (Lipinski definition) is 29. The molecule has 0 saturated carbocycles. The third-order valence-corrected chi connectivity index (χ3v) is 14.6. The lowest BCUT2D eigenvalue weighted by Gasteiger charge is -2.42. The van der Waals surface area contributed by atoms with Gasteiger partial charge >= 0.3 is 0 Å². The quantitative estimate of drug-likeness (QED) is 0.0556. The lowest BCUT2D eigenvalue weighted by molar-refractivity contribution is -0.318. The van der Waals surface area contributed by atoms with E-state index in [-0.39, 0.29) is 45.3 Å². The van der Waals surface area contributed by atoms with Gasteiger partial charge in [-0.3, -0.25) is 9.59 Å². The molecule has 448 valence electrons. The van der Waals surface area contributed by atoms with E-state index in [1.807, 2.05) is 0 Å². The van der Waals surface area contributed by atoms with Crippen LogP contribution in [-0.2, 0) is 28.4 Å². The minimum absolute atomic E-state index is 0.0602. The number of aliphatic hydroxyl groups excluding tert-OH is 12. The lowest BCUT2D eigenvalue weighted by Crippen LogP contribution is -2.61. The highest BCUT2D eigenvalue weighted by Gasteiger charge is 2.50. The fraction of sp³-hybridized carbons (Fsp3) is 0.444. The first-order valence-electron chi connectivity index (χ1n) is 25.7. The number of rotatable bonds is 14. The summed E-state index contributed by atoms with van der Waals surface area (Å²) in [6.45, 7) is 1.44. The van der Waals surface area contributed by atoms with Crippen molar-refractivity contribution < 1.29 is 133 Å². The number of phenolic OH excluding ortho intramolecular Hbond substituents is 4. The summed E-state index contributed by atoms with van der Waals surface area (Å²) < 4.78 is 63.7. The Morgan fingerprint density at radius 1 is 0.410 bits per heavy atom. The molecule has 0 amide bonds. The van der Waals surface area contributed by atoms with Gasteiger partial charge in [0.05, 0.1) is 25.4 Å². The molecule has 4 aliphatic rings. The Hall–Kier alpha value is -6.82. The molecular formula is C54H58O29. The topological polar surface area (TPSA) is 467 Å². The minimum atomic E-state index is -2.07. The fourth-order valence-corrected chi connectivity index (χ4v) is 9.81. The van der Waals surface area contributed by atoms with Crippen molar-refractivity contribution in [3.63, 3.8) is 0 Å². The van der Waals surface area contributed by atoms with Gasteiger partial charge < -0.3 is 133 Å². The van der Waals surface area contributed by atoms with Crippen molar-refractivity contribution in [3.05, 3.63) is 93.2 Å². The van der Waals surface area contributed by atoms with Crippen LogP contribution in [0.15, 0.2) is 91.2 Å². The normalized spacial score (nSPS) is 34.0. The predicted octanol–water partition coefficient (Wildman–Crippen LogP) is -2.09. The number of aliphatic hydroxyl groups is 12. The Morgan fingerprint density at radius 2 is 0.747 bits per heavy atom. The molecular weight excluding hydrogens is 1110 g/mol. The Kier molecular flexibility index (Phi) is 16.9. The van der Waals surface area contributed by atoms with Gasteiger partial charge in [-0.25, -0.2) is 0 Å². The molecule has 0 aliphatic carbocycles. The highest BCUT2D eigenvalue weighted by atomic mass is 16.7. The van der Waals surface area contributed by atoms with Crippen molar-refractivity contribution in [3.8, 4) is 68.6 Å². The van der Waals surface area contributed by atoms with Crippen molar-refractivity contribution in [1.82, 2.24) is 0 Å². The van der Waals surface area contributed by atoms with Crippen LogP contribution in [0.4, 0.5) is 0 Å². The molecule has 6 heterocycles. The maximum Gasteiger partial charge on any atom is 0.239 e. The number of ether oxygens (including phenoxy) is 9. The Labute approximate surface area is 465 Å². The lowest BCUT2D eigenvalue weighted by atomic mass is 9.98. The van der Waals surface area contributed by atoms with E-state index in [0.717, 1.165) is 24.3 Å².